The van der Waals surface area contributed by atoms with Crippen molar-refractivity contribution in [1.29, 1.82) is 0 Å². The Hall–Kier alpha value is -2.96. The zero-order chi connectivity index (χ0) is 14.4. The zero-order valence-corrected chi connectivity index (χ0v) is 9.52. The second-order valence-electron chi connectivity index (χ2n) is 3.37. The van der Waals surface area contributed by atoms with Crippen molar-refractivity contribution in [2.45, 2.75) is 0 Å². The number of hydrogen-bond acceptors (Lipinski definition) is 4. The topological polar surface area (TPSA) is 118 Å². The first-order valence-electron chi connectivity index (χ1n) is 5.02. The minimum Gasteiger partial charge on any atom is -0.477 e. The lowest BCUT2D eigenvalue weighted by atomic mass is 10.1. The summed E-state index contributed by atoms with van der Waals surface area (Å²) in [5, 5.41) is 27.9. The number of carboxylic acid groups (broad SMARTS) is 2. The summed E-state index contributed by atoms with van der Waals surface area (Å²) in [6.45, 7) is 0. The van der Waals surface area contributed by atoms with Crippen molar-refractivity contribution in [2.75, 3.05) is 0 Å². The Morgan fingerprint density at radius 3 is 2.26 bits per heavy atom. The average molecular weight is 263 g/mol. The lowest BCUT2D eigenvalue weighted by Gasteiger charge is -1.96. The summed E-state index contributed by atoms with van der Waals surface area (Å²) in [6, 6.07) is 5.82. The largest absolute Gasteiger partial charge is 0.477 e. The first-order valence-corrected chi connectivity index (χ1v) is 5.02. The molecular formula is C12H9NO6. The minimum atomic E-state index is -1.58. The van der Waals surface area contributed by atoms with Gasteiger partial charge in [0, 0.05) is 6.07 Å². The van der Waals surface area contributed by atoms with Crippen LogP contribution in [0.4, 0.5) is 5.69 Å². The summed E-state index contributed by atoms with van der Waals surface area (Å²) in [5.41, 5.74) is -0.729. The Bertz CT molecular complexity index is 572. The van der Waals surface area contributed by atoms with Gasteiger partial charge < -0.3 is 10.2 Å². The van der Waals surface area contributed by atoms with E-state index in [1.54, 1.807) is 6.07 Å². The summed E-state index contributed by atoms with van der Waals surface area (Å²) in [6.07, 6.45) is 3.27. The van der Waals surface area contributed by atoms with E-state index < -0.39 is 22.4 Å². The molecule has 0 atom stereocenters. The molecule has 0 spiro atoms. The van der Waals surface area contributed by atoms with Gasteiger partial charge in [-0.1, -0.05) is 18.2 Å². The molecule has 0 unspecified atom stereocenters. The van der Waals surface area contributed by atoms with Crippen LogP contribution in [0.15, 0.2) is 42.0 Å². The van der Waals surface area contributed by atoms with E-state index in [1.807, 2.05) is 0 Å². The van der Waals surface area contributed by atoms with Crippen LogP contribution in [-0.2, 0) is 9.59 Å². The van der Waals surface area contributed by atoms with Crippen LogP contribution < -0.4 is 0 Å². The van der Waals surface area contributed by atoms with Gasteiger partial charge in [-0.05, 0) is 18.2 Å². The molecule has 7 heteroatoms. The number of allylic oxidation sites excluding steroid dienone is 2. The van der Waals surface area contributed by atoms with Gasteiger partial charge in [0.15, 0.2) is 0 Å². The Balaban J connectivity index is 3.06. The average Bonchev–Trinajstić information content (AvgIpc) is 2.33. The number of carboxylic acids is 2. The quantitative estimate of drug-likeness (QED) is 0.208. The zero-order valence-electron chi connectivity index (χ0n) is 9.52. The summed E-state index contributed by atoms with van der Waals surface area (Å²) < 4.78 is 0. The molecule has 0 heterocycles. The van der Waals surface area contributed by atoms with Gasteiger partial charge in [-0.2, -0.15) is 0 Å². The Morgan fingerprint density at radius 2 is 1.74 bits per heavy atom. The maximum absolute atomic E-state index is 10.7. The summed E-state index contributed by atoms with van der Waals surface area (Å²) in [5.74, 6) is -3.17. The predicted octanol–water partition coefficient (Wildman–Crippen LogP) is 1.70. The summed E-state index contributed by atoms with van der Waals surface area (Å²) in [4.78, 5) is 31.3. The first-order chi connectivity index (χ1) is 8.93. The second-order valence-corrected chi connectivity index (χ2v) is 3.37. The minimum absolute atomic E-state index is 0.153. The fourth-order valence-electron chi connectivity index (χ4n) is 1.28. The van der Waals surface area contributed by atoms with Crippen LogP contribution in [0.1, 0.15) is 5.56 Å². The molecule has 0 saturated heterocycles. The maximum Gasteiger partial charge on any atom is 0.343 e. The number of aliphatic carboxylic acids is 2. The van der Waals surface area contributed by atoms with Crippen molar-refractivity contribution < 1.29 is 24.7 Å². The molecule has 1 aromatic rings. The summed E-state index contributed by atoms with van der Waals surface area (Å²) >= 11 is 0. The number of nitro groups is 1. The van der Waals surface area contributed by atoms with E-state index in [4.69, 9.17) is 10.2 Å². The molecule has 1 aromatic carbocycles. The smallest absolute Gasteiger partial charge is 0.343 e. The van der Waals surface area contributed by atoms with Crippen molar-refractivity contribution in [3.05, 3.63) is 57.7 Å². The van der Waals surface area contributed by atoms with E-state index in [1.165, 1.54) is 24.3 Å². The maximum atomic E-state index is 10.7. The van der Waals surface area contributed by atoms with Crippen molar-refractivity contribution in [2.24, 2.45) is 0 Å². The molecule has 98 valence electrons. The van der Waals surface area contributed by atoms with E-state index >= 15 is 0 Å². The monoisotopic (exact) mass is 263 g/mol. The van der Waals surface area contributed by atoms with E-state index in [9.17, 15) is 19.7 Å². The van der Waals surface area contributed by atoms with Gasteiger partial charge in [-0.3, -0.25) is 10.1 Å². The normalized spacial score (nSPS) is 10.1. The van der Waals surface area contributed by atoms with Crippen molar-refractivity contribution in [3.8, 4) is 0 Å². The molecule has 0 aromatic heterocycles. The van der Waals surface area contributed by atoms with Gasteiger partial charge in [-0.15, -0.1) is 0 Å². The highest BCUT2D eigenvalue weighted by atomic mass is 16.6. The van der Waals surface area contributed by atoms with Crippen LogP contribution in [0.2, 0.25) is 0 Å². The van der Waals surface area contributed by atoms with Crippen molar-refractivity contribution in [3.63, 3.8) is 0 Å². The Labute approximate surface area is 107 Å². The van der Waals surface area contributed by atoms with Crippen LogP contribution in [0.3, 0.4) is 0 Å². The van der Waals surface area contributed by atoms with E-state index in [0.717, 1.165) is 12.2 Å². The standard InChI is InChI=1S/C12H9NO6/c14-11(15)9(12(16)17)6-3-5-8-4-1-2-7-10(8)13(18)19/h1-7H,(H,14,15)(H,16,17)/b5-3+. The molecule has 2 N–H and O–H groups in total. The van der Waals surface area contributed by atoms with Gasteiger partial charge in [-0.25, -0.2) is 9.59 Å². The van der Waals surface area contributed by atoms with Crippen LogP contribution in [0.25, 0.3) is 6.08 Å². The van der Waals surface area contributed by atoms with Gasteiger partial charge in [0.25, 0.3) is 5.69 Å². The lowest BCUT2D eigenvalue weighted by Crippen LogP contribution is -2.10. The third kappa shape index (κ3) is 3.77. The number of para-hydroxylation sites is 1. The molecular weight excluding hydrogens is 254 g/mol. The Morgan fingerprint density at radius 1 is 1.16 bits per heavy atom. The fraction of sp³-hybridized carbons (Fsp3) is 0. The van der Waals surface area contributed by atoms with E-state index in [0.29, 0.717) is 0 Å². The predicted molar refractivity (Wildman–Crippen MR) is 65.5 cm³/mol. The van der Waals surface area contributed by atoms with E-state index in [-0.39, 0.29) is 11.3 Å². The second kappa shape index (κ2) is 6.10. The van der Waals surface area contributed by atoms with Crippen LogP contribution >= 0.6 is 0 Å². The van der Waals surface area contributed by atoms with Gasteiger partial charge in [0.1, 0.15) is 5.57 Å². The number of nitro benzene ring substituents is 1. The molecule has 7 nitrogen and oxygen atoms in total. The SMILES string of the molecule is O=C(O)C(=C/C=C/c1ccccc1[N+](=O)[O-])C(=O)O. The van der Waals surface area contributed by atoms with Crippen LogP contribution in [0.5, 0.6) is 0 Å². The van der Waals surface area contributed by atoms with Gasteiger partial charge in [0.05, 0.1) is 10.5 Å². The number of rotatable bonds is 5. The van der Waals surface area contributed by atoms with Crippen molar-refractivity contribution >= 4 is 23.7 Å². The molecule has 0 bridgehead atoms. The summed E-state index contributed by atoms with van der Waals surface area (Å²) in [7, 11) is 0. The molecule has 0 amide bonds. The van der Waals surface area contributed by atoms with Crippen LogP contribution in [0, 0.1) is 10.1 Å². The highest BCUT2D eigenvalue weighted by Crippen LogP contribution is 2.19. The molecule has 19 heavy (non-hydrogen) atoms. The number of hydrogen-bond donors (Lipinski definition) is 2. The highest BCUT2D eigenvalue weighted by Gasteiger charge is 2.14. The highest BCUT2D eigenvalue weighted by molar-refractivity contribution is 6.12. The molecule has 0 aliphatic rings. The van der Waals surface area contributed by atoms with Gasteiger partial charge in [0.2, 0.25) is 0 Å². The van der Waals surface area contributed by atoms with E-state index in [2.05, 4.69) is 0 Å². The number of carbonyl (C=O) groups is 2. The number of nitrogens with zero attached hydrogens (tertiary/aromatic N) is 1. The molecule has 0 aliphatic carbocycles. The molecule has 0 radical (unpaired) electrons. The first kappa shape index (κ1) is 14.1. The van der Waals surface area contributed by atoms with Crippen molar-refractivity contribution in [1.82, 2.24) is 0 Å². The Kier molecular flexibility index (Phi) is 4.53. The van der Waals surface area contributed by atoms with Gasteiger partial charge >= 0.3 is 11.9 Å². The van der Waals surface area contributed by atoms with Crippen LogP contribution in [-0.4, -0.2) is 27.1 Å². The molecule has 0 saturated carbocycles. The lowest BCUT2D eigenvalue weighted by molar-refractivity contribution is -0.385. The fourth-order valence-corrected chi connectivity index (χ4v) is 1.28. The molecule has 0 aliphatic heterocycles. The molecule has 1 rings (SSSR count). The third-order valence-corrected chi connectivity index (χ3v) is 2.13. The molecule has 0 fully saturated rings. The third-order valence-electron chi connectivity index (χ3n) is 2.13. The number of benzene rings is 1.